The molecular formula is C8H8Cl2N2O. The normalized spacial score (nSPS) is 9.46. The van der Waals surface area contributed by atoms with Gasteiger partial charge in [0.25, 0.3) is 0 Å². The number of methoxy groups -OCH3 is 1. The van der Waals surface area contributed by atoms with Gasteiger partial charge in [-0.3, -0.25) is 0 Å². The zero-order chi connectivity index (χ0) is 9.68. The third-order valence-electron chi connectivity index (χ3n) is 1.32. The Bertz CT molecular complexity index is 338. The van der Waals surface area contributed by atoms with Gasteiger partial charge < -0.3 is 9.30 Å². The molecule has 0 aromatic carbocycles. The standard InChI is InChI=1S/C8H8Cl2N2O/c1-13-5-3-2-4-12-6-11-7(9)8(12)10/h6H,4-5H2,1H3. The van der Waals surface area contributed by atoms with Gasteiger partial charge in [0.05, 0.1) is 12.9 Å². The first-order chi connectivity index (χ1) is 6.25. The van der Waals surface area contributed by atoms with Crippen LogP contribution in [0, 0.1) is 11.8 Å². The SMILES string of the molecule is COCC#CCn1cnc(Cl)c1Cl. The highest BCUT2D eigenvalue weighted by atomic mass is 35.5. The number of ether oxygens (including phenoxy) is 1. The number of halogens is 2. The Hall–Kier alpha value is -0.690. The maximum absolute atomic E-state index is 5.79. The summed E-state index contributed by atoms with van der Waals surface area (Å²) in [4.78, 5) is 3.81. The smallest absolute Gasteiger partial charge is 0.166 e. The molecule has 5 heteroatoms. The number of nitrogens with zero attached hydrogens (tertiary/aromatic N) is 2. The molecule has 13 heavy (non-hydrogen) atoms. The second-order valence-electron chi connectivity index (χ2n) is 2.24. The lowest BCUT2D eigenvalue weighted by molar-refractivity contribution is 0.239. The first-order valence-electron chi connectivity index (χ1n) is 3.56. The Labute approximate surface area is 86.6 Å². The van der Waals surface area contributed by atoms with Crippen molar-refractivity contribution in [1.82, 2.24) is 9.55 Å². The van der Waals surface area contributed by atoms with Crippen molar-refractivity contribution >= 4 is 23.2 Å². The van der Waals surface area contributed by atoms with E-state index in [0.29, 0.717) is 23.5 Å². The van der Waals surface area contributed by atoms with Gasteiger partial charge in [0.1, 0.15) is 11.8 Å². The molecule has 0 aliphatic carbocycles. The molecule has 1 rings (SSSR count). The Morgan fingerprint density at radius 2 is 2.31 bits per heavy atom. The predicted octanol–water partition coefficient (Wildman–Crippen LogP) is 1.84. The molecule has 0 saturated heterocycles. The van der Waals surface area contributed by atoms with Crippen molar-refractivity contribution in [1.29, 1.82) is 0 Å². The van der Waals surface area contributed by atoms with E-state index in [0.717, 1.165) is 0 Å². The Morgan fingerprint density at radius 3 is 2.85 bits per heavy atom. The lowest BCUT2D eigenvalue weighted by atomic mass is 10.5. The van der Waals surface area contributed by atoms with E-state index >= 15 is 0 Å². The van der Waals surface area contributed by atoms with Crippen LogP contribution in [0.5, 0.6) is 0 Å². The number of hydrogen-bond acceptors (Lipinski definition) is 2. The molecular weight excluding hydrogens is 211 g/mol. The van der Waals surface area contributed by atoms with Gasteiger partial charge in [-0.15, -0.1) is 0 Å². The molecule has 0 saturated carbocycles. The van der Waals surface area contributed by atoms with Crippen molar-refractivity contribution in [3.05, 3.63) is 16.6 Å². The Morgan fingerprint density at radius 1 is 1.54 bits per heavy atom. The van der Waals surface area contributed by atoms with Crippen LogP contribution in [-0.2, 0) is 11.3 Å². The third kappa shape index (κ3) is 2.92. The fourth-order valence-corrected chi connectivity index (χ4v) is 1.02. The fourth-order valence-electron chi connectivity index (χ4n) is 0.717. The van der Waals surface area contributed by atoms with Crippen molar-refractivity contribution in [3.8, 4) is 11.8 Å². The van der Waals surface area contributed by atoms with Gasteiger partial charge in [-0.1, -0.05) is 35.0 Å². The minimum atomic E-state index is 0.301. The Kier molecular flexibility index (Phi) is 4.10. The minimum absolute atomic E-state index is 0.301. The average Bonchev–Trinajstić information content (AvgIpc) is 2.43. The largest absolute Gasteiger partial charge is 0.372 e. The van der Waals surface area contributed by atoms with Crippen LogP contribution < -0.4 is 0 Å². The van der Waals surface area contributed by atoms with Crippen molar-refractivity contribution < 1.29 is 4.74 Å². The van der Waals surface area contributed by atoms with Crippen LogP contribution in [0.25, 0.3) is 0 Å². The molecule has 0 aliphatic rings. The first-order valence-corrected chi connectivity index (χ1v) is 4.32. The second kappa shape index (κ2) is 5.13. The molecule has 0 bridgehead atoms. The molecule has 0 fully saturated rings. The summed E-state index contributed by atoms with van der Waals surface area (Å²) >= 11 is 11.4. The summed E-state index contributed by atoms with van der Waals surface area (Å²) in [6.45, 7) is 0.891. The van der Waals surface area contributed by atoms with Gasteiger partial charge >= 0.3 is 0 Å². The molecule has 0 atom stereocenters. The van der Waals surface area contributed by atoms with E-state index in [1.807, 2.05) is 0 Å². The van der Waals surface area contributed by atoms with Gasteiger partial charge in [-0.25, -0.2) is 4.98 Å². The molecule has 0 aliphatic heterocycles. The summed E-state index contributed by atoms with van der Waals surface area (Å²) in [5.74, 6) is 5.66. The van der Waals surface area contributed by atoms with Crippen LogP contribution in [0.15, 0.2) is 6.33 Å². The molecule has 0 amide bonds. The highest BCUT2D eigenvalue weighted by molar-refractivity contribution is 6.40. The average molecular weight is 219 g/mol. The van der Waals surface area contributed by atoms with E-state index in [2.05, 4.69) is 16.8 Å². The summed E-state index contributed by atoms with van der Waals surface area (Å²) in [5, 5.41) is 0.712. The summed E-state index contributed by atoms with van der Waals surface area (Å²) in [6, 6.07) is 0. The third-order valence-corrected chi connectivity index (χ3v) is 2.09. The van der Waals surface area contributed by atoms with Gasteiger partial charge in [-0.2, -0.15) is 0 Å². The number of rotatable bonds is 2. The van der Waals surface area contributed by atoms with Gasteiger partial charge in [0.2, 0.25) is 0 Å². The van der Waals surface area contributed by atoms with E-state index < -0.39 is 0 Å². The topological polar surface area (TPSA) is 27.1 Å². The molecule has 0 N–H and O–H groups in total. The van der Waals surface area contributed by atoms with Crippen LogP contribution in [0.1, 0.15) is 0 Å². The lowest BCUT2D eigenvalue weighted by Gasteiger charge is -1.94. The maximum Gasteiger partial charge on any atom is 0.166 e. The monoisotopic (exact) mass is 218 g/mol. The Balaban J connectivity index is 2.56. The van der Waals surface area contributed by atoms with Crippen molar-refractivity contribution in [2.75, 3.05) is 13.7 Å². The number of imidazole rings is 1. The van der Waals surface area contributed by atoms with Crippen LogP contribution in [-0.4, -0.2) is 23.3 Å². The zero-order valence-electron chi connectivity index (χ0n) is 7.05. The van der Waals surface area contributed by atoms with Crippen molar-refractivity contribution in [2.24, 2.45) is 0 Å². The highest BCUT2D eigenvalue weighted by Gasteiger charge is 2.03. The highest BCUT2D eigenvalue weighted by Crippen LogP contribution is 2.18. The van der Waals surface area contributed by atoms with E-state index in [-0.39, 0.29) is 0 Å². The molecule has 0 unspecified atom stereocenters. The summed E-state index contributed by atoms with van der Waals surface area (Å²) in [6.07, 6.45) is 1.55. The lowest BCUT2D eigenvalue weighted by Crippen LogP contribution is -1.93. The molecule has 0 radical (unpaired) electrons. The molecule has 1 aromatic heterocycles. The molecule has 1 aromatic rings. The summed E-state index contributed by atoms with van der Waals surface area (Å²) in [5.41, 5.74) is 0. The van der Waals surface area contributed by atoms with E-state index in [4.69, 9.17) is 27.9 Å². The van der Waals surface area contributed by atoms with Crippen LogP contribution in [0.2, 0.25) is 10.3 Å². The van der Waals surface area contributed by atoms with E-state index in [1.165, 1.54) is 0 Å². The van der Waals surface area contributed by atoms with Gasteiger partial charge in [0, 0.05) is 7.11 Å². The second-order valence-corrected chi connectivity index (χ2v) is 2.96. The van der Waals surface area contributed by atoms with Gasteiger partial charge in [0.15, 0.2) is 5.15 Å². The van der Waals surface area contributed by atoms with Gasteiger partial charge in [-0.05, 0) is 0 Å². The molecule has 3 nitrogen and oxygen atoms in total. The summed E-state index contributed by atoms with van der Waals surface area (Å²) in [7, 11) is 1.59. The summed E-state index contributed by atoms with van der Waals surface area (Å²) < 4.78 is 6.42. The molecule has 1 heterocycles. The fraction of sp³-hybridized carbons (Fsp3) is 0.375. The van der Waals surface area contributed by atoms with E-state index in [9.17, 15) is 0 Å². The molecule has 70 valence electrons. The zero-order valence-corrected chi connectivity index (χ0v) is 8.56. The van der Waals surface area contributed by atoms with Crippen LogP contribution in [0.4, 0.5) is 0 Å². The minimum Gasteiger partial charge on any atom is -0.372 e. The maximum atomic E-state index is 5.79. The van der Waals surface area contributed by atoms with Crippen LogP contribution >= 0.6 is 23.2 Å². The van der Waals surface area contributed by atoms with Crippen molar-refractivity contribution in [3.63, 3.8) is 0 Å². The number of hydrogen-bond donors (Lipinski definition) is 0. The van der Waals surface area contributed by atoms with E-state index in [1.54, 1.807) is 18.0 Å². The van der Waals surface area contributed by atoms with Crippen molar-refractivity contribution in [2.45, 2.75) is 6.54 Å². The number of aromatic nitrogens is 2. The van der Waals surface area contributed by atoms with Crippen LogP contribution in [0.3, 0.4) is 0 Å². The molecule has 0 spiro atoms. The quantitative estimate of drug-likeness (QED) is 0.709. The first kappa shape index (κ1) is 10.4. The predicted molar refractivity (Wildman–Crippen MR) is 51.9 cm³/mol.